The molecule has 0 saturated heterocycles. The van der Waals surface area contributed by atoms with Crippen molar-refractivity contribution in [2.75, 3.05) is 11.9 Å². The molecule has 1 aliphatic carbocycles. The van der Waals surface area contributed by atoms with Crippen LogP contribution in [0.25, 0.3) is 0 Å². The maximum absolute atomic E-state index is 4.51. The molecule has 0 fully saturated rings. The molecule has 1 unspecified atom stereocenters. The van der Waals surface area contributed by atoms with Crippen LogP contribution in [-0.2, 0) is 6.42 Å². The van der Waals surface area contributed by atoms with Crippen molar-refractivity contribution in [2.24, 2.45) is 0 Å². The highest BCUT2D eigenvalue weighted by Crippen LogP contribution is 2.35. The van der Waals surface area contributed by atoms with Gasteiger partial charge in [-0.25, -0.2) is 9.97 Å². The summed E-state index contributed by atoms with van der Waals surface area (Å²) in [5.41, 5.74) is 3.60. The van der Waals surface area contributed by atoms with E-state index in [1.165, 1.54) is 11.3 Å². The number of nitrogens with zero attached hydrogens (tertiary/aromatic N) is 3. The minimum Gasteiger partial charge on any atom is -0.370 e. The summed E-state index contributed by atoms with van der Waals surface area (Å²) in [5.74, 6) is 1.22. The molecule has 0 radical (unpaired) electrons. The molecule has 0 saturated carbocycles. The lowest BCUT2D eigenvalue weighted by Crippen LogP contribution is -2.05. The van der Waals surface area contributed by atoms with Crippen LogP contribution in [0.15, 0.2) is 30.7 Å². The van der Waals surface area contributed by atoms with Gasteiger partial charge in [0, 0.05) is 24.7 Å². The van der Waals surface area contributed by atoms with Crippen molar-refractivity contribution in [3.05, 3.63) is 47.7 Å². The largest absolute Gasteiger partial charge is 0.370 e. The van der Waals surface area contributed by atoms with Gasteiger partial charge in [0.05, 0.1) is 11.4 Å². The quantitative estimate of drug-likeness (QED) is 0.895. The van der Waals surface area contributed by atoms with Gasteiger partial charge in [-0.05, 0) is 31.4 Å². The van der Waals surface area contributed by atoms with Crippen LogP contribution in [0.4, 0.5) is 5.82 Å². The van der Waals surface area contributed by atoms with Crippen molar-refractivity contribution >= 4 is 5.82 Å². The van der Waals surface area contributed by atoms with Crippen molar-refractivity contribution in [3.63, 3.8) is 0 Å². The fourth-order valence-corrected chi connectivity index (χ4v) is 2.54. The number of aryl methyl sites for hydroxylation is 1. The highest BCUT2D eigenvalue weighted by atomic mass is 15.0. The Morgan fingerprint density at radius 2 is 2.28 bits per heavy atom. The zero-order valence-electron chi connectivity index (χ0n) is 10.4. The van der Waals surface area contributed by atoms with Gasteiger partial charge in [0.25, 0.3) is 0 Å². The van der Waals surface area contributed by atoms with Crippen LogP contribution in [-0.4, -0.2) is 21.5 Å². The van der Waals surface area contributed by atoms with Crippen molar-refractivity contribution < 1.29 is 0 Å². The van der Waals surface area contributed by atoms with E-state index in [4.69, 9.17) is 0 Å². The molecule has 3 rings (SSSR count). The molecule has 0 aliphatic heterocycles. The number of anilines is 1. The minimum atomic E-state index is 0.321. The summed E-state index contributed by atoms with van der Waals surface area (Å²) in [4.78, 5) is 13.1. The summed E-state index contributed by atoms with van der Waals surface area (Å²) in [6.45, 7) is 2.93. The van der Waals surface area contributed by atoms with Gasteiger partial charge in [-0.1, -0.05) is 6.07 Å². The molecule has 1 N–H and O–H groups in total. The second-order valence-corrected chi connectivity index (χ2v) is 4.50. The maximum atomic E-state index is 4.51. The number of fused-ring (bicyclic) bond motifs is 1. The molecule has 2 heterocycles. The number of hydrogen-bond acceptors (Lipinski definition) is 4. The summed E-state index contributed by atoms with van der Waals surface area (Å²) >= 11 is 0. The number of pyridine rings is 1. The predicted octanol–water partition coefficient (Wildman–Crippen LogP) is 2.38. The maximum Gasteiger partial charge on any atom is 0.129 e. The molecule has 0 aromatic carbocycles. The second-order valence-electron chi connectivity index (χ2n) is 4.50. The Labute approximate surface area is 107 Å². The van der Waals surface area contributed by atoms with Crippen LogP contribution in [0.1, 0.15) is 36.2 Å². The Balaban J connectivity index is 1.94. The van der Waals surface area contributed by atoms with Crippen molar-refractivity contribution in [1.82, 2.24) is 15.0 Å². The van der Waals surface area contributed by atoms with E-state index in [9.17, 15) is 0 Å². The Morgan fingerprint density at radius 1 is 1.33 bits per heavy atom. The third-order valence-corrected chi connectivity index (χ3v) is 3.36. The molecule has 2 aromatic heterocycles. The van der Waals surface area contributed by atoms with Gasteiger partial charge in [-0.3, -0.25) is 4.98 Å². The van der Waals surface area contributed by atoms with E-state index in [0.29, 0.717) is 5.92 Å². The van der Waals surface area contributed by atoms with Gasteiger partial charge >= 0.3 is 0 Å². The molecule has 0 spiro atoms. The van der Waals surface area contributed by atoms with E-state index < -0.39 is 0 Å². The van der Waals surface area contributed by atoms with Crippen molar-refractivity contribution in [2.45, 2.75) is 25.7 Å². The van der Waals surface area contributed by atoms with Crippen molar-refractivity contribution in [1.29, 1.82) is 0 Å². The molecule has 4 nitrogen and oxygen atoms in total. The lowest BCUT2D eigenvalue weighted by atomic mass is 10.0. The number of hydrogen-bond donors (Lipinski definition) is 1. The van der Waals surface area contributed by atoms with Crippen molar-refractivity contribution in [3.8, 4) is 0 Å². The predicted molar refractivity (Wildman–Crippen MR) is 70.6 cm³/mol. The number of rotatable bonds is 3. The van der Waals surface area contributed by atoms with E-state index in [-0.39, 0.29) is 0 Å². The zero-order valence-corrected chi connectivity index (χ0v) is 10.4. The average molecular weight is 240 g/mol. The first-order valence-electron chi connectivity index (χ1n) is 6.38. The lowest BCUT2D eigenvalue weighted by molar-refractivity contribution is 0.742. The molecule has 4 heteroatoms. The fraction of sp³-hybridized carbons (Fsp3) is 0.357. The summed E-state index contributed by atoms with van der Waals surface area (Å²) in [6, 6.07) is 6.21. The van der Waals surface area contributed by atoms with Crippen LogP contribution in [0.3, 0.4) is 0 Å². The van der Waals surface area contributed by atoms with Gasteiger partial charge in [0.1, 0.15) is 12.1 Å². The van der Waals surface area contributed by atoms with Crippen LogP contribution in [0, 0.1) is 0 Å². The number of aromatic nitrogens is 3. The molecule has 0 amide bonds. The zero-order chi connectivity index (χ0) is 12.4. The standard InChI is InChI=1S/C14H16N4/c1-2-15-13-8-12(17-9-18-13)11-6-5-10-4-3-7-16-14(10)11/h3-4,7-9,11H,2,5-6H2,1H3,(H,15,17,18). The fourth-order valence-electron chi connectivity index (χ4n) is 2.54. The van der Waals surface area contributed by atoms with Crippen LogP contribution < -0.4 is 5.32 Å². The van der Waals surface area contributed by atoms with Gasteiger partial charge in [0.15, 0.2) is 0 Å². The van der Waals surface area contributed by atoms with Crippen LogP contribution in [0.5, 0.6) is 0 Å². The molecule has 2 aromatic rings. The second kappa shape index (κ2) is 4.72. The Kier molecular flexibility index (Phi) is 2.92. The molecular formula is C14H16N4. The Hall–Kier alpha value is -1.97. The Bertz CT molecular complexity index is 553. The molecule has 0 bridgehead atoms. The minimum absolute atomic E-state index is 0.321. The SMILES string of the molecule is CCNc1cc(C2CCc3cccnc32)ncn1. The van der Waals surface area contributed by atoms with E-state index in [0.717, 1.165) is 30.9 Å². The third-order valence-electron chi connectivity index (χ3n) is 3.36. The molecule has 18 heavy (non-hydrogen) atoms. The van der Waals surface area contributed by atoms with E-state index in [2.05, 4.69) is 33.3 Å². The van der Waals surface area contributed by atoms with Crippen LogP contribution >= 0.6 is 0 Å². The Morgan fingerprint density at radius 3 is 3.17 bits per heavy atom. The highest BCUT2D eigenvalue weighted by Gasteiger charge is 2.26. The molecule has 92 valence electrons. The normalized spacial score (nSPS) is 17.5. The van der Waals surface area contributed by atoms with E-state index in [1.807, 2.05) is 18.3 Å². The van der Waals surface area contributed by atoms with Gasteiger partial charge in [0.2, 0.25) is 0 Å². The summed E-state index contributed by atoms with van der Waals surface area (Å²) < 4.78 is 0. The first kappa shape index (κ1) is 11.1. The van der Waals surface area contributed by atoms with E-state index >= 15 is 0 Å². The first-order valence-corrected chi connectivity index (χ1v) is 6.38. The first-order chi connectivity index (χ1) is 8.88. The third kappa shape index (κ3) is 1.94. The topological polar surface area (TPSA) is 50.7 Å². The van der Waals surface area contributed by atoms with Gasteiger partial charge in [-0.2, -0.15) is 0 Å². The summed E-state index contributed by atoms with van der Waals surface area (Å²) in [7, 11) is 0. The highest BCUT2D eigenvalue weighted by molar-refractivity contribution is 5.41. The van der Waals surface area contributed by atoms with Gasteiger partial charge in [-0.15, -0.1) is 0 Å². The summed E-state index contributed by atoms with van der Waals surface area (Å²) in [5, 5.41) is 3.22. The lowest BCUT2D eigenvalue weighted by Gasteiger charge is -2.11. The average Bonchev–Trinajstić information content (AvgIpc) is 2.83. The monoisotopic (exact) mass is 240 g/mol. The molecule has 1 aliphatic rings. The molecular weight excluding hydrogens is 224 g/mol. The number of nitrogens with one attached hydrogen (secondary N) is 1. The van der Waals surface area contributed by atoms with Gasteiger partial charge < -0.3 is 5.32 Å². The van der Waals surface area contributed by atoms with Crippen LogP contribution in [0.2, 0.25) is 0 Å². The summed E-state index contributed by atoms with van der Waals surface area (Å²) in [6.07, 6.45) is 5.68. The molecule has 1 atom stereocenters. The van der Waals surface area contributed by atoms with E-state index in [1.54, 1.807) is 6.33 Å². The smallest absolute Gasteiger partial charge is 0.129 e.